The number of unbranched alkanes of at least 4 members (excludes halogenated alkanes) is 1. The number of aromatic nitrogens is 1. The number of benzene rings is 2. The first-order valence-corrected chi connectivity index (χ1v) is 9.88. The number of carbonyl (C=O) groups is 1. The number of nitrogens with zero attached hydrogens (tertiary/aromatic N) is 1. The van der Waals surface area contributed by atoms with Gasteiger partial charge in [-0.15, -0.1) is 0 Å². The molecule has 29 heavy (non-hydrogen) atoms. The summed E-state index contributed by atoms with van der Waals surface area (Å²) < 4.78 is 1.80. The van der Waals surface area contributed by atoms with E-state index in [1.54, 1.807) is 22.8 Å². The predicted molar refractivity (Wildman–Crippen MR) is 115 cm³/mol. The second-order valence-electron chi connectivity index (χ2n) is 7.10. The van der Waals surface area contributed by atoms with Crippen LogP contribution in [0.15, 0.2) is 65.5 Å². The summed E-state index contributed by atoms with van der Waals surface area (Å²) in [6.45, 7) is 2.81. The average molecular weight is 390 g/mol. The van der Waals surface area contributed by atoms with Gasteiger partial charge in [0.1, 0.15) is 0 Å². The van der Waals surface area contributed by atoms with Crippen LogP contribution in [-0.4, -0.2) is 15.6 Å². The van der Waals surface area contributed by atoms with Crippen LogP contribution in [0.5, 0.6) is 0 Å². The molecule has 3 aromatic rings. The fraction of sp³-hybridized carbons (Fsp3) is 0.250. The molecule has 0 atom stereocenters. The molecular weight excluding hydrogens is 364 g/mol. The highest BCUT2D eigenvalue weighted by molar-refractivity contribution is 5.95. The third-order valence-corrected chi connectivity index (χ3v) is 5.11. The van der Waals surface area contributed by atoms with E-state index in [2.05, 4.69) is 6.92 Å². The number of hydrogen-bond acceptors (Lipinski definition) is 3. The fourth-order valence-corrected chi connectivity index (χ4v) is 3.46. The minimum absolute atomic E-state index is 0.0404. The van der Waals surface area contributed by atoms with Crippen LogP contribution in [0.1, 0.15) is 46.9 Å². The summed E-state index contributed by atoms with van der Waals surface area (Å²) >= 11 is 0. The molecule has 0 unspecified atom stereocenters. The molecule has 0 aliphatic rings. The van der Waals surface area contributed by atoms with Gasteiger partial charge in [-0.3, -0.25) is 4.79 Å². The largest absolute Gasteiger partial charge is 0.478 e. The quantitative estimate of drug-likeness (QED) is 0.607. The number of hydrogen-bond donors (Lipinski definition) is 2. The van der Waals surface area contributed by atoms with Crippen LogP contribution >= 0.6 is 0 Å². The summed E-state index contributed by atoms with van der Waals surface area (Å²) in [7, 11) is 0. The SMILES string of the molecule is CCCCc1ccc(CN)c(=O)n1Cc1ccc(-c2ccccc2C(=O)O)cc1. The van der Waals surface area contributed by atoms with Gasteiger partial charge in [0.15, 0.2) is 0 Å². The highest BCUT2D eigenvalue weighted by Crippen LogP contribution is 2.24. The second kappa shape index (κ2) is 9.34. The van der Waals surface area contributed by atoms with Crippen molar-refractivity contribution in [1.82, 2.24) is 4.57 Å². The molecular formula is C24H26N2O3. The Morgan fingerprint density at radius 1 is 1.03 bits per heavy atom. The molecule has 0 fully saturated rings. The van der Waals surface area contributed by atoms with Gasteiger partial charge in [0.2, 0.25) is 0 Å². The van der Waals surface area contributed by atoms with Crippen molar-refractivity contribution in [2.45, 2.75) is 39.3 Å². The van der Waals surface area contributed by atoms with Crippen molar-refractivity contribution >= 4 is 5.97 Å². The molecule has 0 saturated carbocycles. The Hall–Kier alpha value is -3.18. The number of nitrogens with two attached hydrogens (primary N) is 1. The van der Waals surface area contributed by atoms with Gasteiger partial charge in [-0.05, 0) is 41.7 Å². The molecule has 5 heteroatoms. The van der Waals surface area contributed by atoms with Crippen LogP contribution in [0.3, 0.4) is 0 Å². The fourth-order valence-electron chi connectivity index (χ4n) is 3.46. The molecule has 0 bridgehead atoms. The highest BCUT2D eigenvalue weighted by atomic mass is 16.4. The summed E-state index contributed by atoms with van der Waals surface area (Å²) in [5.74, 6) is -0.949. The normalized spacial score (nSPS) is 10.8. The van der Waals surface area contributed by atoms with Crippen molar-refractivity contribution in [1.29, 1.82) is 0 Å². The Balaban J connectivity index is 1.93. The predicted octanol–water partition coefficient (Wildman–Crippen LogP) is 4.06. The molecule has 3 N–H and O–H groups in total. The number of pyridine rings is 1. The van der Waals surface area contributed by atoms with E-state index >= 15 is 0 Å². The molecule has 0 aliphatic heterocycles. The standard InChI is InChI=1S/C24H26N2O3/c1-2-3-6-20-14-13-19(15-25)23(27)26(20)16-17-9-11-18(12-10-17)21-7-4-5-8-22(21)24(28)29/h4-5,7-14H,2-3,6,15-16,25H2,1H3,(H,28,29). The number of carboxylic acid groups (broad SMARTS) is 1. The maximum absolute atomic E-state index is 12.8. The van der Waals surface area contributed by atoms with Crippen LogP contribution in [0.25, 0.3) is 11.1 Å². The molecule has 0 saturated heterocycles. The molecule has 0 spiro atoms. The maximum Gasteiger partial charge on any atom is 0.336 e. The third-order valence-electron chi connectivity index (χ3n) is 5.11. The van der Waals surface area contributed by atoms with E-state index in [0.717, 1.165) is 36.1 Å². The molecule has 1 heterocycles. The van der Waals surface area contributed by atoms with E-state index < -0.39 is 5.97 Å². The van der Waals surface area contributed by atoms with Crippen molar-refractivity contribution in [2.75, 3.05) is 0 Å². The molecule has 0 radical (unpaired) electrons. The number of aromatic carboxylic acids is 1. The summed E-state index contributed by atoms with van der Waals surface area (Å²) in [6.07, 6.45) is 2.93. The zero-order valence-corrected chi connectivity index (χ0v) is 16.6. The molecule has 1 aromatic heterocycles. The molecule has 3 rings (SSSR count). The zero-order valence-electron chi connectivity index (χ0n) is 16.6. The van der Waals surface area contributed by atoms with Crippen molar-refractivity contribution in [3.8, 4) is 11.1 Å². The minimum atomic E-state index is -0.949. The lowest BCUT2D eigenvalue weighted by molar-refractivity contribution is 0.0697. The van der Waals surface area contributed by atoms with Gasteiger partial charge < -0.3 is 15.4 Å². The van der Waals surface area contributed by atoms with E-state index in [9.17, 15) is 14.7 Å². The Labute approximate surface area is 170 Å². The smallest absolute Gasteiger partial charge is 0.336 e. The van der Waals surface area contributed by atoms with Gasteiger partial charge in [0, 0.05) is 17.8 Å². The van der Waals surface area contributed by atoms with Crippen molar-refractivity contribution in [2.24, 2.45) is 5.73 Å². The van der Waals surface area contributed by atoms with Crippen molar-refractivity contribution in [3.05, 3.63) is 93.4 Å². The first kappa shape index (κ1) is 20.6. The average Bonchev–Trinajstić information content (AvgIpc) is 2.74. The molecule has 2 aromatic carbocycles. The number of rotatable bonds is 8. The molecule has 5 nitrogen and oxygen atoms in total. The van der Waals surface area contributed by atoms with E-state index in [1.165, 1.54) is 0 Å². The van der Waals surface area contributed by atoms with Crippen LogP contribution in [0, 0.1) is 0 Å². The second-order valence-corrected chi connectivity index (χ2v) is 7.10. The van der Waals surface area contributed by atoms with E-state index in [-0.39, 0.29) is 17.7 Å². The van der Waals surface area contributed by atoms with Crippen LogP contribution in [-0.2, 0) is 19.5 Å². The Morgan fingerprint density at radius 3 is 2.41 bits per heavy atom. The van der Waals surface area contributed by atoms with Gasteiger partial charge in [-0.25, -0.2) is 4.79 Å². The lowest BCUT2D eigenvalue weighted by Gasteiger charge is -2.15. The molecule has 0 aliphatic carbocycles. The Morgan fingerprint density at radius 2 is 1.76 bits per heavy atom. The number of carboxylic acids is 1. The first-order valence-electron chi connectivity index (χ1n) is 9.88. The van der Waals surface area contributed by atoms with Gasteiger partial charge in [-0.2, -0.15) is 0 Å². The monoisotopic (exact) mass is 390 g/mol. The van der Waals surface area contributed by atoms with Gasteiger partial charge in [0.05, 0.1) is 12.1 Å². The van der Waals surface area contributed by atoms with Gasteiger partial charge in [0.25, 0.3) is 5.56 Å². The number of aryl methyl sites for hydroxylation is 1. The first-order chi connectivity index (χ1) is 14.0. The lowest BCUT2D eigenvalue weighted by atomic mass is 9.98. The highest BCUT2D eigenvalue weighted by Gasteiger charge is 2.12. The third kappa shape index (κ3) is 4.63. The molecule has 0 amide bonds. The van der Waals surface area contributed by atoms with Gasteiger partial charge >= 0.3 is 5.97 Å². The van der Waals surface area contributed by atoms with Gasteiger partial charge in [-0.1, -0.05) is 61.9 Å². The minimum Gasteiger partial charge on any atom is -0.478 e. The van der Waals surface area contributed by atoms with Crippen LogP contribution in [0.2, 0.25) is 0 Å². The van der Waals surface area contributed by atoms with Crippen molar-refractivity contribution in [3.63, 3.8) is 0 Å². The maximum atomic E-state index is 12.8. The summed E-state index contributed by atoms with van der Waals surface area (Å²) in [5.41, 5.74) is 10.1. The topological polar surface area (TPSA) is 85.3 Å². The van der Waals surface area contributed by atoms with E-state index in [4.69, 9.17) is 5.73 Å². The Kier molecular flexibility index (Phi) is 6.62. The summed E-state index contributed by atoms with van der Waals surface area (Å²) in [6, 6.07) is 18.5. The molecule has 150 valence electrons. The lowest BCUT2D eigenvalue weighted by Crippen LogP contribution is -2.28. The summed E-state index contributed by atoms with van der Waals surface area (Å²) in [5, 5.41) is 9.41. The van der Waals surface area contributed by atoms with Crippen molar-refractivity contribution < 1.29 is 9.90 Å². The van der Waals surface area contributed by atoms with Crippen LogP contribution in [0.4, 0.5) is 0 Å². The zero-order chi connectivity index (χ0) is 20.8. The Bertz CT molecular complexity index is 1050. The summed E-state index contributed by atoms with van der Waals surface area (Å²) in [4.78, 5) is 24.3. The van der Waals surface area contributed by atoms with E-state index in [0.29, 0.717) is 17.7 Å². The van der Waals surface area contributed by atoms with E-state index in [1.807, 2.05) is 42.5 Å². The van der Waals surface area contributed by atoms with Crippen LogP contribution < -0.4 is 11.3 Å².